The second-order valence-corrected chi connectivity index (χ2v) is 11.9. The third-order valence-corrected chi connectivity index (χ3v) is 8.58. The fourth-order valence-electron chi connectivity index (χ4n) is 4.37. The molecule has 0 bridgehead atoms. The molecule has 2 atom stereocenters. The molecule has 0 spiro atoms. The number of carboxylic acids is 2. The van der Waals surface area contributed by atoms with Crippen molar-refractivity contribution in [2.75, 3.05) is 11.5 Å². The number of nitrogens with two attached hydrogens (primary N) is 1. The highest BCUT2D eigenvalue weighted by Crippen LogP contribution is 2.40. The first-order valence-electron chi connectivity index (χ1n) is 12.3. The van der Waals surface area contributed by atoms with Crippen LogP contribution in [-0.4, -0.2) is 76.7 Å². The number of hydrogen-bond donors (Lipinski definition) is 4. The van der Waals surface area contributed by atoms with Gasteiger partial charge in [0.2, 0.25) is 5.60 Å². The maximum atomic E-state index is 13.2. The number of aromatic nitrogens is 3. The molecule has 14 nitrogen and oxygen atoms in total. The molecule has 1 fully saturated rings. The van der Waals surface area contributed by atoms with Crippen LogP contribution in [0.25, 0.3) is 5.65 Å². The van der Waals surface area contributed by atoms with E-state index < -0.39 is 40.8 Å². The number of thioether (sulfide) groups is 1. The Labute approximate surface area is 241 Å². The lowest BCUT2D eigenvalue weighted by molar-refractivity contribution is -0.662. The SMILES string of the molecule is Cc1ccc2n(cc[n+]2CC2=C(C(=O)O)N3C(=O)[C@@H](NC(=O)/C(=N\OC(C)(C)C(=O)O)c4csc(N)n4)[C@H]3SC2)c1. The van der Waals surface area contributed by atoms with Crippen molar-refractivity contribution in [1.82, 2.24) is 19.6 Å². The van der Waals surface area contributed by atoms with E-state index in [-0.39, 0.29) is 28.8 Å². The van der Waals surface area contributed by atoms with Gasteiger partial charge in [0.05, 0.1) is 6.20 Å². The number of carboxylic acid groups (broad SMARTS) is 2. The van der Waals surface area contributed by atoms with Crippen molar-refractivity contribution in [3.05, 3.63) is 58.6 Å². The fraction of sp³-hybridized carbons (Fsp3) is 0.320. The molecule has 0 unspecified atom stereocenters. The zero-order valence-corrected chi connectivity index (χ0v) is 23.7. The van der Waals surface area contributed by atoms with Gasteiger partial charge in [0.25, 0.3) is 17.5 Å². The molecule has 214 valence electrons. The average molecular weight is 601 g/mol. The number of nitrogens with zero attached hydrogens (tertiary/aromatic N) is 5. The minimum atomic E-state index is -1.75. The summed E-state index contributed by atoms with van der Waals surface area (Å²) in [5.74, 6) is -3.69. The van der Waals surface area contributed by atoms with Gasteiger partial charge >= 0.3 is 11.9 Å². The summed E-state index contributed by atoms with van der Waals surface area (Å²) in [6.07, 6.45) is 5.68. The van der Waals surface area contributed by atoms with Crippen molar-refractivity contribution in [3.8, 4) is 0 Å². The number of anilines is 1. The van der Waals surface area contributed by atoms with Crippen LogP contribution >= 0.6 is 23.1 Å². The molecule has 0 saturated carbocycles. The Bertz CT molecular complexity index is 1660. The summed E-state index contributed by atoms with van der Waals surface area (Å²) >= 11 is 2.36. The number of hydrogen-bond acceptors (Lipinski definition) is 10. The van der Waals surface area contributed by atoms with E-state index in [2.05, 4.69) is 15.5 Å². The largest absolute Gasteiger partial charge is 0.478 e. The Morgan fingerprint density at radius 2 is 2.07 bits per heavy atom. The standard InChI is InChI=1S/C25H25N7O7S2/c1-12-4-5-15-30(8-12)6-7-31(15)9-13-10-40-21-17(20(34)32(21)18(13)22(35)36)28-19(33)16(14-11-41-24(26)27-14)29-39-25(2,3)23(37)38/h4-8,11,17,21H,9-10H2,1-3H3,(H4-,26,27,28,33,35,36,37,38)/p+1/b29-16-/t17-,21-/m1/s1. The molecule has 3 aromatic rings. The maximum absolute atomic E-state index is 13.2. The number of nitrogens with one attached hydrogen (secondary N) is 1. The summed E-state index contributed by atoms with van der Waals surface area (Å²) in [7, 11) is 0. The molecule has 0 aromatic carbocycles. The number of rotatable bonds is 9. The van der Waals surface area contributed by atoms with Gasteiger partial charge in [0.15, 0.2) is 10.8 Å². The smallest absolute Gasteiger partial charge is 0.352 e. The number of aliphatic carboxylic acids is 2. The number of oxime groups is 1. The van der Waals surface area contributed by atoms with Gasteiger partial charge in [-0.2, -0.15) is 0 Å². The van der Waals surface area contributed by atoms with Gasteiger partial charge in [0, 0.05) is 22.8 Å². The summed E-state index contributed by atoms with van der Waals surface area (Å²) < 4.78 is 3.84. The Kier molecular flexibility index (Phi) is 7.21. The zero-order chi connectivity index (χ0) is 29.6. The summed E-state index contributed by atoms with van der Waals surface area (Å²) in [6, 6.07) is 2.84. The van der Waals surface area contributed by atoms with Crippen molar-refractivity contribution in [2.45, 2.75) is 44.3 Å². The van der Waals surface area contributed by atoms with E-state index in [1.54, 1.807) is 0 Å². The van der Waals surface area contributed by atoms with E-state index in [0.29, 0.717) is 11.3 Å². The number of aryl methyl sites for hydroxylation is 1. The van der Waals surface area contributed by atoms with Crippen molar-refractivity contribution < 1.29 is 38.8 Å². The van der Waals surface area contributed by atoms with Crippen LogP contribution in [0, 0.1) is 6.92 Å². The van der Waals surface area contributed by atoms with E-state index in [0.717, 1.165) is 22.5 Å². The van der Waals surface area contributed by atoms with E-state index in [9.17, 15) is 29.4 Å². The summed E-state index contributed by atoms with van der Waals surface area (Å²) in [4.78, 5) is 60.5. The predicted molar refractivity (Wildman–Crippen MR) is 148 cm³/mol. The summed E-state index contributed by atoms with van der Waals surface area (Å²) in [6.45, 7) is 4.75. The highest BCUT2D eigenvalue weighted by atomic mass is 32.2. The lowest BCUT2D eigenvalue weighted by atomic mass is 10.0. The molecule has 2 aliphatic heterocycles. The number of nitrogen functional groups attached to an aromatic ring is 1. The maximum Gasteiger partial charge on any atom is 0.352 e. The Balaban J connectivity index is 1.37. The Morgan fingerprint density at radius 1 is 1.32 bits per heavy atom. The van der Waals surface area contributed by atoms with E-state index in [4.69, 9.17) is 10.6 Å². The molecule has 5 N–H and O–H groups in total. The van der Waals surface area contributed by atoms with E-state index in [1.165, 1.54) is 35.9 Å². The predicted octanol–water partition coefficient (Wildman–Crippen LogP) is 0.597. The topological polar surface area (TPSA) is 193 Å². The molecule has 1 saturated heterocycles. The van der Waals surface area contributed by atoms with Gasteiger partial charge in [-0.25, -0.2) is 23.5 Å². The van der Waals surface area contributed by atoms with Gasteiger partial charge in [-0.15, -0.1) is 23.1 Å². The third-order valence-electron chi connectivity index (χ3n) is 6.56. The lowest BCUT2D eigenvalue weighted by Gasteiger charge is -2.49. The molecule has 2 amide bonds. The first-order chi connectivity index (χ1) is 19.4. The highest BCUT2D eigenvalue weighted by Gasteiger charge is 2.54. The molecule has 5 heterocycles. The molecule has 3 aromatic heterocycles. The van der Waals surface area contributed by atoms with Crippen LogP contribution in [0.15, 0.2) is 52.5 Å². The van der Waals surface area contributed by atoms with Gasteiger partial charge in [-0.3, -0.25) is 14.5 Å². The number of fused-ring (bicyclic) bond motifs is 2. The van der Waals surface area contributed by atoms with Crippen molar-refractivity contribution in [1.29, 1.82) is 0 Å². The number of imidazole rings is 1. The van der Waals surface area contributed by atoms with Gasteiger partial charge < -0.3 is 26.1 Å². The number of amides is 2. The second kappa shape index (κ2) is 10.5. The van der Waals surface area contributed by atoms with Crippen molar-refractivity contribution in [2.24, 2.45) is 5.16 Å². The summed E-state index contributed by atoms with van der Waals surface area (Å²) in [5.41, 5.74) is 5.98. The fourth-order valence-corrected chi connectivity index (χ4v) is 6.25. The minimum Gasteiger partial charge on any atom is -0.478 e. The van der Waals surface area contributed by atoms with E-state index in [1.807, 2.05) is 46.6 Å². The molecular formula is C25H26N7O7S2+. The third kappa shape index (κ3) is 5.22. The van der Waals surface area contributed by atoms with Gasteiger partial charge in [0.1, 0.15) is 41.7 Å². The molecule has 2 aliphatic rings. The monoisotopic (exact) mass is 600 g/mol. The Morgan fingerprint density at radius 3 is 2.73 bits per heavy atom. The first kappa shape index (κ1) is 28.1. The minimum absolute atomic E-state index is 0.0338. The van der Waals surface area contributed by atoms with Crippen LogP contribution in [0.1, 0.15) is 25.1 Å². The van der Waals surface area contributed by atoms with Crippen LogP contribution in [0.2, 0.25) is 0 Å². The molecular weight excluding hydrogens is 574 g/mol. The average Bonchev–Trinajstić information content (AvgIpc) is 3.52. The van der Waals surface area contributed by atoms with Gasteiger partial charge in [-0.05, 0) is 32.4 Å². The molecule has 0 radical (unpaired) electrons. The normalized spacial score (nSPS) is 19.1. The number of carbonyl (C=O) groups excluding carboxylic acids is 2. The Hall–Kier alpha value is -4.44. The molecule has 16 heteroatoms. The van der Waals surface area contributed by atoms with E-state index >= 15 is 0 Å². The van der Waals surface area contributed by atoms with Crippen LogP contribution in [0.3, 0.4) is 0 Å². The van der Waals surface area contributed by atoms with Crippen molar-refractivity contribution in [3.63, 3.8) is 0 Å². The van der Waals surface area contributed by atoms with Gasteiger partial charge in [-0.1, -0.05) is 5.16 Å². The molecule has 41 heavy (non-hydrogen) atoms. The molecule has 0 aliphatic carbocycles. The first-order valence-corrected chi connectivity index (χ1v) is 14.2. The van der Waals surface area contributed by atoms with Crippen LogP contribution in [-0.2, 0) is 30.6 Å². The van der Waals surface area contributed by atoms with Crippen LogP contribution in [0.4, 0.5) is 5.13 Å². The number of carbonyl (C=O) groups is 4. The second-order valence-electron chi connectivity index (χ2n) is 9.93. The number of β-lactam (4-membered cyclic amide) rings is 1. The zero-order valence-electron chi connectivity index (χ0n) is 22.1. The van der Waals surface area contributed by atoms with Crippen LogP contribution < -0.4 is 15.6 Å². The lowest BCUT2D eigenvalue weighted by Crippen LogP contribution is -2.71. The van der Waals surface area contributed by atoms with Crippen LogP contribution in [0.5, 0.6) is 0 Å². The highest BCUT2D eigenvalue weighted by molar-refractivity contribution is 8.00. The molecule has 5 rings (SSSR count). The number of thiazole rings is 1. The summed E-state index contributed by atoms with van der Waals surface area (Å²) in [5, 5.41) is 26.6. The van der Waals surface area contributed by atoms with Crippen molar-refractivity contribution >= 4 is 63.3 Å². The quantitative estimate of drug-likeness (QED) is 0.117. The number of pyridine rings is 1.